The Kier molecular flexibility index (Phi) is 6.32. The molecule has 19 heavy (non-hydrogen) atoms. The van der Waals surface area contributed by atoms with Crippen LogP contribution in [0.25, 0.3) is 0 Å². The summed E-state index contributed by atoms with van der Waals surface area (Å²) in [5.74, 6) is 1.22. The lowest BCUT2D eigenvalue weighted by Crippen LogP contribution is -2.42. The maximum atomic E-state index is 12.2. The molecule has 1 N–H and O–H groups in total. The summed E-state index contributed by atoms with van der Waals surface area (Å²) in [6.07, 6.45) is 3.23. The molecule has 4 nitrogen and oxygen atoms in total. The lowest BCUT2D eigenvalue weighted by molar-refractivity contribution is -0.144. The molecule has 3 atom stereocenters. The molecule has 0 aromatic carbocycles. The predicted octanol–water partition coefficient (Wildman–Crippen LogP) is 2.37. The number of ether oxygens (including phenoxy) is 1. The van der Waals surface area contributed by atoms with Crippen LogP contribution in [0, 0.1) is 23.7 Å². The van der Waals surface area contributed by atoms with E-state index in [0.717, 1.165) is 12.8 Å². The Hall–Kier alpha value is -1.06. The Morgan fingerprint density at radius 1 is 1.32 bits per heavy atom. The molecule has 110 valence electrons. The first kappa shape index (κ1) is 16.0. The zero-order valence-corrected chi connectivity index (χ0v) is 12.6. The Morgan fingerprint density at radius 3 is 2.58 bits per heavy atom. The average Bonchev–Trinajstić information content (AvgIpc) is 2.35. The summed E-state index contributed by atoms with van der Waals surface area (Å²) in [7, 11) is 0. The van der Waals surface area contributed by atoms with Crippen molar-refractivity contribution in [1.82, 2.24) is 5.32 Å². The van der Waals surface area contributed by atoms with Crippen LogP contribution in [0.5, 0.6) is 0 Å². The third-order valence-electron chi connectivity index (χ3n) is 4.07. The number of nitrogens with one attached hydrogen (secondary N) is 1. The van der Waals surface area contributed by atoms with E-state index in [4.69, 9.17) is 4.74 Å². The third-order valence-corrected chi connectivity index (χ3v) is 4.07. The normalized spacial score (nSPS) is 27.1. The molecule has 0 aromatic rings. The number of carbonyl (C=O) groups excluding carboxylic acids is 2. The molecule has 1 aliphatic rings. The Balaban J connectivity index is 2.53. The summed E-state index contributed by atoms with van der Waals surface area (Å²) >= 11 is 0. The summed E-state index contributed by atoms with van der Waals surface area (Å²) in [5, 5.41) is 2.73. The minimum Gasteiger partial charge on any atom is -0.465 e. The lowest BCUT2D eigenvalue weighted by atomic mass is 9.70. The molecular formula is C15H27NO3. The maximum absolute atomic E-state index is 12.2. The van der Waals surface area contributed by atoms with Crippen LogP contribution >= 0.6 is 0 Å². The van der Waals surface area contributed by atoms with Gasteiger partial charge >= 0.3 is 5.97 Å². The van der Waals surface area contributed by atoms with Crippen LogP contribution in [0.2, 0.25) is 0 Å². The van der Waals surface area contributed by atoms with Gasteiger partial charge in [0.05, 0.1) is 6.61 Å². The van der Waals surface area contributed by atoms with Gasteiger partial charge in [-0.2, -0.15) is 0 Å². The van der Waals surface area contributed by atoms with Crippen molar-refractivity contribution in [2.24, 2.45) is 23.7 Å². The van der Waals surface area contributed by atoms with E-state index >= 15 is 0 Å². The lowest BCUT2D eigenvalue weighted by Gasteiger charge is -2.36. The first-order valence-corrected chi connectivity index (χ1v) is 7.39. The van der Waals surface area contributed by atoms with Gasteiger partial charge in [0, 0.05) is 5.92 Å². The van der Waals surface area contributed by atoms with Crippen LogP contribution in [0.3, 0.4) is 0 Å². The highest BCUT2D eigenvalue weighted by Gasteiger charge is 2.35. The van der Waals surface area contributed by atoms with E-state index in [1.807, 2.05) is 0 Å². The molecule has 1 fully saturated rings. The number of esters is 1. The van der Waals surface area contributed by atoms with E-state index in [1.54, 1.807) is 6.92 Å². The predicted molar refractivity (Wildman–Crippen MR) is 74.5 cm³/mol. The van der Waals surface area contributed by atoms with Crippen molar-refractivity contribution >= 4 is 11.9 Å². The van der Waals surface area contributed by atoms with E-state index in [-0.39, 0.29) is 24.3 Å². The summed E-state index contributed by atoms with van der Waals surface area (Å²) in [6.45, 7) is 8.64. The molecule has 0 unspecified atom stereocenters. The molecule has 1 amide bonds. The molecule has 0 spiro atoms. The van der Waals surface area contributed by atoms with Crippen molar-refractivity contribution < 1.29 is 14.3 Å². The van der Waals surface area contributed by atoms with E-state index in [1.165, 1.54) is 6.42 Å². The fraction of sp³-hybridized carbons (Fsp3) is 0.867. The summed E-state index contributed by atoms with van der Waals surface area (Å²) in [6, 6.07) is 0. The summed E-state index contributed by atoms with van der Waals surface area (Å²) in [5.41, 5.74) is 0. The van der Waals surface area contributed by atoms with Crippen LogP contribution in [0.4, 0.5) is 0 Å². The first-order valence-electron chi connectivity index (χ1n) is 7.39. The monoisotopic (exact) mass is 269 g/mol. The van der Waals surface area contributed by atoms with Crippen LogP contribution in [-0.4, -0.2) is 25.0 Å². The number of rotatable bonds is 5. The van der Waals surface area contributed by atoms with Crippen molar-refractivity contribution in [2.45, 2.75) is 47.0 Å². The minimum atomic E-state index is -0.360. The number of carbonyl (C=O) groups is 2. The number of amides is 1. The SMILES string of the molecule is CCOC(=O)CNC(=O)[C@H]1C[C@@H](C)CC[C@H]1C(C)C. The molecule has 0 heterocycles. The van der Waals surface area contributed by atoms with Crippen LogP contribution in [-0.2, 0) is 14.3 Å². The Bertz CT molecular complexity index is 315. The van der Waals surface area contributed by atoms with Gasteiger partial charge in [-0.05, 0) is 37.5 Å². The molecule has 0 bridgehead atoms. The van der Waals surface area contributed by atoms with Gasteiger partial charge in [-0.15, -0.1) is 0 Å². The standard InChI is InChI=1S/C15H27NO3/c1-5-19-14(17)9-16-15(18)13-8-11(4)6-7-12(13)10(2)3/h10-13H,5-9H2,1-4H3,(H,16,18)/t11-,12-,13-/m0/s1. The van der Waals surface area contributed by atoms with Gasteiger partial charge in [-0.25, -0.2) is 0 Å². The van der Waals surface area contributed by atoms with Gasteiger partial charge in [0.25, 0.3) is 0 Å². The molecule has 0 saturated heterocycles. The molecule has 0 aliphatic heterocycles. The smallest absolute Gasteiger partial charge is 0.325 e. The summed E-state index contributed by atoms with van der Waals surface area (Å²) in [4.78, 5) is 23.5. The van der Waals surface area contributed by atoms with E-state index in [2.05, 4.69) is 26.1 Å². The van der Waals surface area contributed by atoms with E-state index < -0.39 is 0 Å². The van der Waals surface area contributed by atoms with Gasteiger partial charge in [0.2, 0.25) is 5.91 Å². The molecule has 1 saturated carbocycles. The highest BCUT2D eigenvalue weighted by molar-refractivity contribution is 5.83. The van der Waals surface area contributed by atoms with E-state index in [0.29, 0.717) is 24.4 Å². The van der Waals surface area contributed by atoms with Crippen molar-refractivity contribution in [3.63, 3.8) is 0 Å². The second kappa shape index (κ2) is 7.51. The zero-order chi connectivity index (χ0) is 14.4. The second-order valence-electron chi connectivity index (χ2n) is 5.96. The Morgan fingerprint density at radius 2 is 2.00 bits per heavy atom. The topological polar surface area (TPSA) is 55.4 Å². The Labute approximate surface area is 116 Å². The van der Waals surface area contributed by atoms with Crippen LogP contribution in [0.15, 0.2) is 0 Å². The number of hydrogen-bond donors (Lipinski definition) is 1. The van der Waals surface area contributed by atoms with Crippen molar-refractivity contribution in [2.75, 3.05) is 13.2 Å². The fourth-order valence-electron chi connectivity index (χ4n) is 3.01. The van der Waals surface area contributed by atoms with Gasteiger partial charge in [-0.3, -0.25) is 9.59 Å². The molecule has 0 aromatic heterocycles. The van der Waals surface area contributed by atoms with E-state index in [9.17, 15) is 9.59 Å². The van der Waals surface area contributed by atoms with Gasteiger partial charge in [0.15, 0.2) is 0 Å². The van der Waals surface area contributed by atoms with Crippen molar-refractivity contribution in [3.05, 3.63) is 0 Å². The highest BCUT2D eigenvalue weighted by atomic mass is 16.5. The fourth-order valence-corrected chi connectivity index (χ4v) is 3.01. The average molecular weight is 269 g/mol. The number of hydrogen-bond acceptors (Lipinski definition) is 3. The molecule has 0 radical (unpaired) electrons. The first-order chi connectivity index (χ1) is 8.95. The van der Waals surface area contributed by atoms with Gasteiger partial charge in [-0.1, -0.05) is 27.2 Å². The van der Waals surface area contributed by atoms with Crippen LogP contribution in [0.1, 0.15) is 47.0 Å². The zero-order valence-electron chi connectivity index (χ0n) is 12.6. The highest BCUT2D eigenvalue weighted by Crippen LogP contribution is 2.37. The summed E-state index contributed by atoms with van der Waals surface area (Å²) < 4.78 is 4.82. The van der Waals surface area contributed by atoms with Crippen molar-refractivity contribution in [1.29, 1.82) is 0 Å². The third kappa shape index (κ3) is 4.84. The molecule has 1 rings (SSSR count). The van der Waals surface area contributed by atoms with Gasteiger partial charge in [0.1, 0.15) is 6.54 Å². The maximum Gasteiger partial charge on any atom is 0.325 e. The van der Waals surface area contributed by atoms with Gasteiger partial charge < -0.3 is 10.1 Å². The molecule has 1 aliphatic carbocycles. The molecular weight excluding hydrogens is 242 g/mol. The quantitative estimate of drug-likeness (QED) is 0.780. The van der Waals surface area contributed by atoms with Crippen LogP contribution < -0.4 is 5.32 Å². The largest absolute Gasteiger partial charge is 0.465 e. The minimum absolute atomic E-state index is 0.0115. The molecule has 4 heteroatoms. The van der Waals surface area contributed by atoms with Crippen molar-refractivity contribution in [3.8, 4) is 0 Å². The second-order valence-corrected chi connectivity index (χ2v) is 5.96.